The monoisotopic (exact) mass is 319 g/mol. The molecule has 18 heavy (non-hydrogen) atoms. The Morgan fingerprint density at radius 1 is 1.22 bits per heavy atom. The maximum atomic E-state index is 9.10. The maximum Gasteiger partial charge on any atom is 0.120 e. The van der Waals surface area contributed by atoms with Crippen LogP contribution in [0.15, 0.2) is 56.7 Å². The highest BCUT2D eigenvalue weighted by Crippen LogP contribution is 2.33. The molecule has 2 nitrogen and oxygen atoms in total. The van der Waals surface area contributed by atoms with Gasteiger partial charge in [0.15, 0.2) is 0 Å². The molecule has 0 bridgehead atoms. The van der Waals surface area contributed by atoms with Gasteiger partial charge in [-0.1, -0.05) is 33.8 Å². The average molecular weight is 320 g/mol. The highest BCUT2D eigenvalue weighted by molar-refractivity contribution is 9.10. The first-order valence-corrected chi connectivity index (χ1v) is 6.85. The third-order valence-corrected chi connectivity index (χ3v) is 3.87. The van der Waals surface area contributed by atoms with Crippen LogP contribution in [0.2, 0.25) is 0 Å². The summed E-state index contributed by atoms with van der Waals surface area (Å²) < 4.78 is 6.21. The molecule has 90 valence electrons. The normalized spacial score (nSPS) is 9.83. The minimum atomic E-state index is 0.653. The van der Waals surface area contributed by atoms with Gasteiger partial charge in [0.1, 0.15) is 11.8 Å². The smallest absolute Gasteiger partial charge is 0.120 e. The van der Waals surface area contributed by atoms with Crippen LogP contribution in [0.3, 0.4) is 0 Å². The molecule has 0 unspecified atom stereocenters. The van der Waals surface area contributed by atoms with Crippen molar-refractivity contribution in [2.24, 2.45) is 0 Å². The summed E-state index contributed by atoms with van der Waals surface area (Å²) in [6.45, 7) is 0. The van der Waals surface area contributed by atoms with Crippen molar-refractivity contribution in [2.45, 2.75) is 9.79 Å². The summed E-state index contributed by atoms with van der Waals surface area (Å²) in [6, 6.07) is 15.6. The predicted molar refractivity (Wildman–Crippen MR) is 76.0 cm³/mol. The van der Waals surface area contributed by atoms with E-state index in [9.17, 15) is 0 Å². The van der Waals surface area contributed by atoms with Crippen molar-refractivity contribution in [3.05, 3.63) is 52.5 Å². The number of methoxy groups -OCH3 is 1. The lowest BCUT2D eigenvalue weighted by Crippen LogP contribution is -1.86. The standard InChI is InChI=1S/C14H10BrNOS/c1-17-12-6-5-10(9-16)14(8-12)18-13-4-2-3-11(15)7-13/h2-8H,1H3. The molecule has 0 heterocycles. The maximum absolute atomic E-state index is 9.10. The first kappa shape index (κ1) is 13.0. The molecule has 0 aliphatic rings. The van der Waals surface area contributed by atoms with E-state index in [2.05, 4.69) is 22.0 Å². The molecule has 0 atom stereocenters. The third-order valence-electron chi connectivity index (χ3n) is 2.33. The zero-order chi connectivity index (χ0) is 13.0. The third kappa shape index (κ3) is 3.06. The van der Waals surface area contributed by atoms with Crippen LogP contribution in [0.1, 0.15) is 5.56 Å². The van der Waals surface area contributed by atoms with Crippen molar-refractivity contribution in [2.75, 3.05) is 7.11 Å². The number of halogens is 1. The molecule has 0 saturated carbocycles. The lowest BCUT2D eigenvalue weighted by Gasteiger charge is -2.06. The van der Waals surface area contributed by atoms with Gasteiger partial charge >= 0.3 is 0 Å². The van der Waals surface area contributed by atoms with Crippen molar-refractivity contribution >= 4 is 27.7 Å². The van der Waals surface area contributed by atoms with Crippen LogP contribution in [0.5, 0.6) is 5.75 Å². The molecule has 0 saturated heterocycles. The van der Waals surface area contributed by atoms with E-state index in [4.69, 9.17) is 10.00 Å². The van der Waals surface area contributed by atoms with Gasteiger partial charge in [0, 0.05) is 14.3 Å². The molecule has 0 spiro atoms. The van der Waals surface area contributed by atoms with Gasteiger partial charge < -0.3 is 4.74 Å². The number of benzene rings is 2. The molecule has 0 fully saturated rings. The summed E-state index contributed by atoms with van der Waals surface area (Å²) in [5.41, 5.74) is 0.653. The summed E-state index contributed by atoms with van der Waals surface area (Å²) >= 11 is 4.99. The van der Waals surface area contributed by atoms with Gasteiger partial charge in [0.05, 0.1) is 12.7 Å². The molecular weight excluding hydrogens is 310 g/mol. The van der Waals surface area contributed by atoms with Crippen LogP contribution in [0, 0.1) is 11.3 Å². The second-order valence-electron chi connectivity index (χ2n) is 3.53. The second-order valence-corrected chi connectivity index (χ2v) is 5.56. The Balaban J connectivity index is 2.36. The summed E-state index contributed by atoms with van der Waals surface area (Å²) in [7, 11) is 1.62. The van der Waals surface area contributed by atoms with E-state index < -0.39 is 0 Å². The molecular formula is C14H10BrNOS. The van der Waals surface area contributed by atoms with E-state index in [1.54, 1.807) is 31.0 Å². The molecule has 2 aromatic carbocycles. The van der Waals surface area contributed by atoms with Crippen molar-refractivity contribution in [1.29, 1.82) is 5.26 Å². The lowest BCUT2D eigenvalue weighted by molar-refractivity contribution is 0.413. The molecule has 0 amide bonds. The van der Waals surface area contributed by atoms with Crippen molar-refractivity contribution < 1.29 is 4.74 Å². The zero-order valence-corrected chi connectivity index (χ0v) is 12.1. The number of ether oxygens (including phenoxy) is 1. The van der Waals surface area contributed by atoms with E-state index in [0.29, 0.717) is 5.56 Å². The number of hydrogen-bond acceptors (Lipinski definition) is 3. The minimum absolute atomic E-state index is 0.653. The van der Waals surface area contributed by atoms with Gasteiger partial charge in [-0.3, -0.25) is 0 Å². The molecule has 0 N–H and O–H groups in total. The highest BCUT2D eigenvalue weighted by Gasteiger charge is 2.06. The predicted octanol–water partition coefficient (Wildman–Crippen LogP) is 4.48. The largest absolute Gasteiger partial charge is 0.497 e. The molecule has 4 heteroatoms. The van der Waals surface area contributed by atoms with Crippen molar-refractivity contribution in [3.63, 3.8) is 0 Å². The van der Waals surface area contributed by atoms with Gasteiger partial charge in [-0.25, -0.2) is 0 Å². The first-order valence-electron chi connectivity index (χ1n) is 5.24. The molecule has 0 radical (unpaired) electrons. The van der Waals surface area contributed by atoms with Crippen LogP contribution in [0.25, 0.3) is 0 Å². The van der Waals surface area contributed by atoms with Crippen LogP contribution in [0.4, 0.5) is 0 Å². The van der Waals surface area contributed by atoms with E-state index in [1.807, 2.05) is 30.3 Å². The second kappa shape index (κ2) is 5.94. The summed E-state index contributed by atoms with van der Waals surface area (Å²) in [5.74, 6) is 0.756. The van der Waals surface area contributed by atoms with E-state index >= 15 is 0 Å². The zero-order valence-electron chi connectivity index (χ0n) is 9.68. The van der Waals surface area contributed by atoms with Crippen LogP contribution in [-0.2, 0) is 0 Å². The number of hydrogen-bond donors (Lipinski definition) is 0. The molecule has 0 aliphatic carbocycles. The highest BCUT2D eigenvalue weighted by atomic mass is 79.9. The summed E-state index contributed by atoms with van der Waals surface area (Å²) in [4.78, 5) is 1.98. The molecule has 0 aromatic heterocycles. The number of nitriles is 1. The first-order chi connectivity index (χ1) is 8.72. The average Bonchev–Trinajstić information content (AvgIpc) is 2.38. The number of nitrogens with zero attached hydrogens (tertiary/aromatic N) is 1. The van der Waals surface area contributed by atoms with Crippen LogP contribution < -0.4 is 4.74 Å². The van der Waals surface area contributed by atoms with Crippen molar-refractivity contribution in [1.82, 2.24) is 0 Å². The Kier molecular flexibility index (Phi) is 4.29. The quantitative estimate of drug-likeness (QED) is 0.836. The minimum Gasteiger partial charge on any atom is -0.497 e. The summed E-state index contributed by atoms with van der Waals surface area (Å²) in [5, 5.41) is 9.10. The van der Waals surface area contributed by atoms with Gasteiger partial charge in [-0.15, -0.1) is 0 Å². The van der Waals surface area contributed by atoms with Crippen molar-refractivity contribution in [3.8, 4) is 11.8 Å². The molecule has 2 aromatic rings. The SMILES string of the molecule is COc1ccc(C#N)c(Sc2cccc(Br)c2)c1. The van der Waals surface area contributed by atoms with Gasteiger partial charge in [0.25, 0.3) is 0 Å². The van der Waals surface area contributed by atoms with E-state index in [-0.39, 0.29) is 0 Å². The topological polar surface area (TPSA) is 33.0 Å². The number of rotatable bonds is 3. The summed E-state index contributed by atoms with van der Waals surface area (Å²) in [6.07, 6.45) is 0. The van der Waals surface area contributed by atoms with Gasteiger partial charge in [-0.2, -0.15) is 5.26 Å². The van der Waals surface area contributed by atoms with E-state index in [1.165, 1.54) is 0 Å². The van der Waals surface area contributed by atoms with Crippen LogP contribution in [-0.4, -0.2) is 7.11 Å². The Morgan fingerprint density at radius 2 is 2.06 bits per heavy atom. The fourth-order valence-electron chi connectivity index (χ4n) is 1.46. The van der Waals surface area contributed by atoms with Crippen LogP contribution >= 0.6 is 27.7 Å². The molecule has 2 rings (SSSR count). The van der Waals surface area contributed by atoms with Gasteiger partial charge in [-0.05, 0) is 36.4 Å². The Morgan fingerprint density at radius 3 is 2.72 bits per heavy atom. The van der Waals surface area contributed by atoms with Gasteiger partial charge in [0.2, 0.25) is 0 Å². The Labute approximate surface area is 119 Å². The molecule has 0 aliphatic heterocycles. The Hall–Kier alpha value is -1.44. The lowest BCUT2D eigenvalue weighted by atomic mass is 10.2. The Bertz CT molecular complexity index is 607. The van der Waals surface area contributed by atoms with E-state index in [0.717, 1.165) is 20.0 Å². The fraction of sp³-hybridized carbons (Fsp3) is 0.0714. The fourth-order valence-corrected chi connectivity index (χ4v) is 3.00.